The third-order valence-electron chi connectivity index (χ3n) is 2.88. The summed E-state index contributed by atoms with van der Waals surface area (Å²) in [6.45, 7) is 5.73. The summed E-state index contributed by atoms with van der Waals surface area (Å²) in [7, 11) is 0. The Labute approximate surface area is 123 Å². The minimum absolute atomic E-state index is 0.486. The summed E-state index contributed by atoms with van der Waals surface area (Å²) in [5, 5.41) is 14.1. The molecule has 1 aromatic heterocycles. The van der Waals surface area contributed by atoms with Crippen LogP contribution >= 0.6 is 31.9 Å². The van der Waals surface area contributed by atoms with Gasteiger partial charge < -0.3 is 5.11 Å². The van der Waals surface area contributed by atoms with E-state index in [0.717, 1.165) is 31.6 Å². The van der Waals surface area contributed by atoms with Gasteiger partial charge in [-0.15, -0.1) is 0 Å². The van der Waals surface area contributed by atoms with Crippen LogP contribution in [0.5, 0.6) is 0 Å². The van der Waals surface area contributed by atoms with Crippen LogP contribution in [-0.2, 0) is 0 Å². The van der Waals surface area contributed by atoms with Crippen molar-refractivity contribution in [3.8, 4) is 5.69 Å². The van der Waals surface area contributed by atoms with E-state index in [1.54, 1.807) is 6.92 Å². The number of aliphatic hydroxyl groups excluding tert-OH is 1. The fourth-order valence-corrected chi connectivity index (χ4v) is 2.81. The van der Waals surface area contributed by atoms with Gasteiger partial charge in [-0.1, -0.05) is 22.0 Å². The van der Waals surface area contributed by atoms with E-state index in [0.29, 0.717) is 0 Å². The van der Waals surface area contributed by atoms with Crippen LogP contribution < -0.4 is 0 Å². The van der Waals surface area contributed by atoms with Gasteiger partial charge in [-0.25, -0.2) is 4.68 Å². The maximum Gasteiger partial charge on any atom is 0.0772 e. The van der Waals surface area contributed by atoms with Crippen molar-refractivity contribution in [1.29, 1.82) is 0 Å². The van der Waals surface area contributed by atoms with Crippen LogP contribution in [0.3, 0.4) is 0 Å². The van der Waals surface area contributed by atoms with Crippen LogP contribution in [0.4, 0.5) is 0 Å². The Balaban J connectivity index is 2.52. The minimum Gasteiger partial charge on any atom is -0.389 e. The molecule has 0 saturated heterocycles. The average Bonchev–Trinajstić information content (AvgIpc) is 2.56. The van der Waals surface area contributed by atoms with E-state index in [-0.39, 0.29) is 0 Å². The van der Waals surface area contributed by atoms with Crippen molar-refractivity contribution in [2.24, 2.45) is 0 Å². The van der Waals surface area contributed by atoms with Gasteiger partial charge in [-0.2, -0.15) is 5.10 Å². The highest BCUT2D eigenvalue weighted by Gasteiger charge is 2.12. The van der Waals surface area contributed by atoms with Gasteiger partial charge in [0.2, 0.25) is 0 Å². The second-order valence-corrected chi connectivity index (χ2v) is 5.93. The third kappa shape index (κ3) is 2.39. The molecule has 3 nitrogen and oxygen atoms in total. The molecule has 1 N–H and O–H groups in total. The van der Waals surface area contributed by atoms with E-state index < -0.39 is 6.10 Å². The molecule has 1 aromatic carbocycles. The zero-order valence-electron chi connectivity index (χ0n) is 10.4. The number of aliphatic hydroxyl groups is 1. The Hall–Kier alpha value is -0.650. The maximum absolute atomic E-state index is 9.61. The van der Waals surface area contributed by atoms with Gasteiger partial charge in [0.15, 0.2) is 0 Å². The predicted molar refractivity (Wildman–Crippen MR) is 79.1 cm³/mol. The largest absolute Gasteiger partial charge is 0.389 e. The SMILES string of the molecule is Cc1nn(-c2ccc([C@H](C)O)c(Br)c2)c(C)c1Br. The fourth-order valence-electron chi connectivity index (χ4n) is 1.86. The zero-order valence-corrected chi connectivity index (χ0v) is 13.6. The smallest absolute Gasteiger partial charge is 0.0772 e. The molecule has 0 radical (unpaired) electrons. The molecule has 18 heavy (non-hydrogen) atoms. The van der Waals surface area contributed by atoms with E-state index in [2.05, 4.69) is 37.0 Å². The summed E-state index contributed by atoms with van der Waals surface area (Å²) in [5.41, 5.74) is 3.87. The van der Waals surface area contributed by atoms with Crippen molar-refractivity contribution in [3.05, 3.63) is 44.1 Å². The lowest BCUT2D eigenvalue weighted by Gasteiger charge is -2.10. The van der Waals surface area contributed by atoms with Crippen LogP contribution in [-0.4, -0.2) is 14.9 Å². The highest BCUT2D eigenvalue weighted by Crippen LogP contribution is 2.28. The quantitative estimate of drug-likeness (QED) is 0.861. The third-order valence-corrected chi connectivity index (χ3v) is 4.72. The van der Waals surface area contributed by atoms with Crippen molar-refractivity contribution in [1.82, 2.24) is 9.78 Å². The number of benzene rings is 1. The number of hydrogen-bond acceptors (Lipinski definition) is 2. The normalized spacial score (nSPS) is 12.8. The molecule has 0 saturated carbocycles. The van der Waals surface area contributed by atoms with Crippen molar-refractivity contribution >= 4 is 31.9 Å². The Morgan fingerprint density at radius 2 is 1.94 bits per heavy atom. The first-order valence-electron chi connectivity index (χ1n) is 5.61. The van der Waals surface area contributed by atoms with Gasteiger partial charge >= 0.3 is 0 Å². The van der Waals surface area contributed by atoms with E-state index in [9.17, 15) is 5.11 Å². The number of aryl methyl sites for hydroxylation is 1. The van der Waals surface area contributed by atoms with E-state index in [1.165, 1.54) is 0 Å². The highest BCUT2D eigenvalue weighted by atomic mass is 79.9. The van der Waals surface area contributed by atoms with Crippen LogP contribution in [0.25, 0.3) is 5.69 Å². The lowest BCUT2D eigenvalue weighted by atomic mass is 10.1. The summed E-state index contributed by atoms with van der Waals surface area (Å²) in [6, 6.07) is 5.83. The molecular weight excluding hydrogens is 360 g/mol. The fraction of sp³-hybridized carbons (Fsp3) is 0.308. The maximum atomic E-state index is 9.61. The molecule has 1 heterocycles. The molecule has 0 bridgehead atoms. The molecule has 0 aliphatic heterocycles. The highest BCUT2D eigenvalue weighted by molar-refractivity contribution is 9.10. The molecule has 0 amide bonds. The second-order valence-electron chi connectivity index (χ2n) is 4.28. The average molecular weight is 374 g/mol. The van der Waals surface area contributed by atoms with E-state index >= 15 is 0 Å². The lowest BCUT2D eigenvalue weighted by molar-refractivity contribution is 0.198. The van der Waals surface area contributed by atoms with Crippen LogP contribution in [0.15, 0.2) is 27.1 Å². The Kier molecular flexibility index (Phi) is 3.94. The van der Waals surface area contributed by atoms with Gasteiger partial charge in [0.25, 0.3) is 0 Å². The summed E-state index contributed by atoms with van der Waals surface area (Å²) >= 11 is 7.00. The molecule has 0 spiro atoms. The molecule has 0 fully saturated rings. The molecule has 5 heteroatoms. The first kappa shape index (κ1) is 13.8. The molecule has 2 aromatic rings. The number of hydrogen-bond donors (Lipinski definition) is 1. The molecule has 0 aliphatic rings. The summed E-state index contributed by atoms with van der Waals surface area (Å²) in [5.74, 6) is 0. The summed E-state index contributed by atoms with van der Waals surface area (Å²) < 4.78 is 3.80. The second kappa shape index (κ2) is 5.15. The van der Waals surface area contributed by atoms with E-state index in [1.807, 2.05) is 36.7 Å². The van der Waals surface area contributed by atoms with Crippen LogP contribution in [0.1, 0.15) is 30.0 Å². The van der Waals surface area contributed by atoms with Gasteiger partial charge in [0.1, 0.15) is 0 Å². The first-order chi connectivity index (χ1) is 8.41. The standard InChI is InChI=1S/C13H14Br2N2O/c1-7-13(15)8(2)17(16-7)10-4-5-11(9(3)18)12(14)6-10/h4-6,9,18H,1-3H3/t9-/m0/s1. The van der Waals surface area contributed by atoms with Crippen molar-refractivity contribution in [2.75, 3.05) is 0 Å². The molecule has 0 unspecified atom stereocenters. The molecule has 2 rings (SSSR count). The number of rotatable bonds is 2. The predicted octanol–water partition coefficient (Wildman–Crippen LogP) is 4.07. The Morgan fingerprint density at radius 3 is 2.39 bits per heavy atom. The van der Waals surface area contributed by atoms with Crippen molar-refractivity contribution in [2.45, 2.75) is 26.9 Å². The Bertz CT molecular complexity index is 591. The van der Waals surface area contributed by atoms with Gasteiger partial charge in [0.05, 0.1) is 27.7 Å². The number of aromatic nitrogens is 2. The summed E-state index contributed by atoms with van der Waals surface area (Å²) in [6.07, 6.45) is -0.486. The topological polar surface area (TPSA) is 38.0 Å². The zero-order chi connectivity index (χ0) is 13.4. The molecule has 1 atom stereocenters. The van der Waals surface area contributed by atoms with E-state index in [4.69, 9.17) is 0 Å². The van der Waals surface area contributed by atoms with Crippen molar-refractivity contribution in [3.63, 3.8) is 0 Å². The van der Waals surface area contributed by atoms with Gasteiger partial charge in [-0.3, -0.25) is 0 Å². The van der Waals surface area contributed by atoms with Gasteiger partial charge in [-0.05, 0) is 54.4 Å². The molecular formula is C13H14Br2N2O. The molecule has 0 aliphatic carbocycles. The van der Waals surface area contributed by atoms with Crippen molar-refractivity contribution < 1.29 is 5.11 Å². The number of halogens is 2. The van der Waals surface area contributed by atoms with Crippen LogP contribution in [0.2, 0.25) is 0 Å². The van der Waals surface area contributed by atoms with Gasteiger partial charge in [0, 0.05) is 4.47 Å². The first-order valence-corrected chi connectivity index (χ1v) is 7.20. The number of nitrogens with zero attached hydrogens (tertiary/aromatic N) is 2. The lowest BCUT2D eigenvalue weighted by Crippen LogP contribution is -2.01. The molecule has 96 valence electrons. The monoisotopic (exact) mass is 372 g/mol. The van der Waals surface area contributed by atoms with Crippen LogP contribution in [0, 0.1) is 13.8 Å². The minimum atomic E-state index is -0.486. The summed E-state index contributed by atoms with van der Waals surface area (Å²) in [4.78, 5) is 0. The Morgan fingerprint density at radius 1 is 1.28 bits per heavy atom.